The number of benzene rings is 1. The summed E-state index contributed by atoms with van der Waals surface area (Å²) in [6.45, 7) is 0. The lowest BCUT2D eigenvalue weighted by Gasteiger charge is -2.09. The molecular formula is C11H13NOS2. The van der Waals surface area contributed by atoms with Gasteiger partial charge in [-0.3, -0.25) is 0 Å². The van der Waals surface area contributed by atoms with Gasteiger partial charge in [-0.2, -0.15) is 0 Å². The molecule has 0 saturated carbocycles. The molecule has 80 valence electrons. The van der Waals surface area contributed by atoms with Crippen LogP contribution in [0.1, 0.15) is 12.0 Å². The van der Waals surface area contributed by atoms with Crippen LogP contribution >= 0.6 is 23.5 Å². The average Bonchev–Trinajstić information content (AvgIpc) is 2.80. The molecule has 1 aliphatic heterocycles. The first kappa shape index (κ1) is 10.9. The molecule has 0 spiro atoms. The van der Waals surface area contributed by atoms with Crippen LogP contribution in [0, 0.1) is 0 Å². The SMILES string of the molecule is O/N=C(/CC1SCCS1)c1ccccc1. The molecule has 0 unspecified atom stereocenters. The molecule has 15 heavy (non-hydrogen) atoms. The molecule has 0 atom stereocenters. The fourth-order valence-electron chi connectivity index (χ4n) is 1.53. The van der Waals surface area contributed by atoms with Crippen molar-refractivity contribution in [1.82, 2.24) is 0 Å². The smallest absolute Gasteiger partial charge is 0.0887 e. The largest absolute Gasteiger partial charge is 0.411 e. The molecule has 4 heteroatoms. The second kappa shape index (κ2) is 5.47. The summed E-state index contributed by atoms with van der Waals surface area (Å²) in [6, 6.07) is 9.88. The lowest BCUT2D eigenvalue weighted by molar-refractivity contribution is 0.318. The monoisotopic (exact) mass is 239 g/mol. The Kier molecular flexibility index (Phi) is 3.97. The van der Waals surface area contributed by atoms with E-state index in [0.717, 1.165) is 17.7 Å². The zero-order valence-electron chi connectivity index (χ0n) is 8.30. The van der Waals surface area contributed by atoms with Crippen molar-refractivity contribution in [1.29, 1.82) is 0 Å². The second-order valence-corrected chi connectivity index (χ2v) is 6.21. The number of nitrogens with zero attached hydrogens (tertiary/aromatic N) is 1. The molecule has 0 aromatic heterocycles. The zero-order chi connectivity index (χ0) is 10.5. The van der Waals surface area contributed by atoms with Crippen LogP contribution in [0.4, 0.5) is 0 Å². The minimum absolute atomic E-state index is 0.552. The molecule has 1 aliphatic rings. The Labute approximate surface area is 98.1 Å². The van der Waals surface area contributed by atoms with E-state index in [4.69, 9.17) is 5.21 Å². The van der Waals surface area contributed by atoms with E-state index in [2.05, 4.69) is 5.16 Å². The Balaban J connectivity index is 2.05. The van der Waals surface area contributed by atoms with Gasteiger partial charge in [0.05, 0.1) is 10.3 Å². The Bertz CT molecular complexity index is 334. The van der Waals surface area contributed by atoms with Crippen molar-refractivity contribution >= 4 is 29.2 Å². The van der Waals surface area contributed by atoms with Crippen LogP contribution in [0.2, 0.25) is 0 Å². The normalized spacial score (nSPS) is 18.3. The molecule has 1 saturated heterocycles. The van der Waals surface area contributed by atoms with Crippen molar-refractivity contribution in [2.24, 2.45) is 5.16 Å². The highest BCUT2D eigenvalue weighted by atomic mass is 32.2. The van der Waals surface area contributed by atoms with E-state index in [-0.39, 0.29) is 0 Å². The van der Waals surface area contributed by atoms with E-state index in [0.29, 0.717) is 4.58 Å². The van der Waals surface area contributed by atoms with E-state index in [1.165, 1.54) is 11.5 Å². The maximum Gasteiger partial charge on any atom is 0.0887 e. The van der Waals surface area contributed by atoms with E-state index in [9.17, 15) is 0 Å². The van der Waals surface area contributed by atoms with Gasteiger partial charge in [-0.1, -0.05) is 35.5 Å². The molecule has 2 nitrogen and oxygen atoms in total. The van der Waals surface area contributed by atoms with Gasteiger partial charge in [0.2, 0.25) is 0 Å². The van der Waals surface area contributed by atoms with Crippen molar-refractivity contribution in [2.75, 3.05) is 11.5 Å². The standard InChI is InChI=1S/C11H13NOS2/c13-12-10(8-11-14-6-7-15-11)9-4-2-1-3-5-9/h1-5,11,13H,6-8H2/b12-10-. The van der Waals surface area contributed by atoms with Gasteiger partial charge >= 0.3 is 0 Å². The van der Waals surface area contributed by atoms with Gasteiger partial charge in [-0.15, -0.1) is 23.5 Å². The van der Waals surface area contributed by atoms with Crippen LogP contribution < -0.4 is 0 Å². The lowest BCUT2D eigenvalue weighted by Crippen LogP contribution is -2.07. The molecule has 1 aromatic rings. The quantitative estimate of drug-likeness (QED) is 0.500. The van der Waals surface area contributed by atoms with Gasteiger partial charge in [0.15, 0.2) is 0 Å². The average molecular weight is 239 g/mol. The Morgan fingerprint density at radius 3 is 2.53 bits per heavy atom. The van der Waals surface area contributed by atoms with E-state index >= 15 is 0 Å². The van der Waals surface area contributed by atoms with Gasteiger partial charge < -0.3 is 5.21 Å². The maximum absolute atomic E-state index is 9.01. The number of thioether (sulfide) groups is 2. The fraction of sp³-hybridized carbons (Fsp3) is 0.364. The molecule has 0 aliphatic carbocycles. The maximum atomic E-state index is 9.01. The molecule has 0 bridgehead atoms. The number of hydrogen-bond acceptors (Lipinski definition) is 4. The van der Waals surface area contributed by atoms with Gasteiger partial charge in [-0.25, -0.2) is 0 Å². The summed E-state index contributed by atoms with van der Waals surface area (Å²) in [4.78, 5) is 0. The molecular weight excluding hydrogens is 226 g/mol. The summed E-state index contributed by atoms with van der Waals surface area (Å²) in [5.41, 5.74) is 1.82. The van der Waals surface area contributed by atoms with Crippen LogP contribution in [-0.4, -0.2) is 27.0 Å². The minimum Gasteiger partial charge on any atom is -0.411 e. The third-order valence-electron chi connectivity index (χ3n) is 2.28. The third-order valence-corrected chi connectivity index (χ3v) is 5.31. The summed E-state index contributed by atoms with van der Waals surface area (Å²) in [5, 5.41) is 12.4. The highest BCUT2D eigenvalue weighted by Gasteiger charge is 2.19. The van der Waals surface area contributed by atoms with Crippen molar-refractivity contribution in [3.8, 4) is 0 Å². The minimum atomic E-state index is 0.552. The molecule has 1 N–H and O–H groups in total. The van der Waals surface area contributed by atoms with Gasteiger partial charge in [0.1, 0.15) is 0 Å². The lowest BCUT2D eigenvalue weighted by atomic mass is 10.1. The van der Waals surface area contributed by atoms with Crippen LogP contribution in [0.15, 0.2) is 35.5 Å². The Morgan fingerprint density at radius 1 is 1.27 bits per heavy atom. The predicted octanol–water partition coefficient (Wildman–Crippen LogP) is 3.06. The summed E-state index contributed by atoms with van der Waals surface area (Å²) in [6.07, 6.45) is 0.843. The molecule has 0 radical (unpaired) electrons. The van der Waals surface area contributed by atoms with E-state index in [1.54, 1.807) is 0 Å². The third kappa shape index (κ3) is 2.92. The number of oxime groups is 1. The first-order valence-corrected chi connectivity index (χ1v) is 6.99. The molecule has 0 amide bonds. The Morgan fingerprint density at radius 2 is 1.93 bits per heavy atom. The molecule has 1 fully saturated rings. The summed E-state index contributed by atoms with van der Waals surface area (Å²) < 4.78 is 0.552. The van der Waals surface area contributed by atoms with Crippen LogP contribution in [0.5, 0.6) is 0 Å². The first-order valence-electron chi connectivity index (χ1n) is 4.89. The summed E-state index contributed by atoms with van der Waals surface area (Å²) in [7, 11) is 0. The number of hydrogen-bond donors (Lipinski definition) is 1. The van der Waals surface area contributed by atoms with Crippen LogP contribution in [-0.2, 0) is 0 Å². The van der Waals surface area contributed by atoms with E-state index in [1.807, 2.05) is 53.9 Å². The van der Waals surface area contributed by atoms with Gasteiger partial charge in [0, 0.05) is 17.9 Å². The van der Waals surface area contributed by atoms with Crippen LogP contribution in [0.3, 0.4) is 0 Å². The number of rotatable bonds is 3. The Hall–Kier alpha value is -0.610. The molecule has 1 aromatic carbocycles. The first-order chi connectivity index (χ1) is 7.40. The van der Waals surface area contributed by atoms with Crippen molar-refractivity contribution in [2.45, 2.75) is 11.0 Å². The second-order valence-electron chi connectivity index (χ2n) is 3.29. The summed E-state index contributed by atoms with van der Waals surface area (Å²) >= 11 is 3.90. The fourth-order valence-corrected chi connectivity index (χ4v) is 4.34. The van der Waals surface area contributed by atoms with Crippen molar-refractivity contribution in [3.63, 3.8) is 0 Å². The highest BCUT2D eigenvalue weighted by Crippen LogP contribution is 2.35. The highest BCUT2D eigenvalue weighted by molar-refractivity contribution is 8.20. The predicted molar refractivity (Wildman–Crippen MR) is 68.1 cm³/mol. The zero-order valence-corrected chi connectivity index (χ0v) is 9.93. The topological polar surface area (TPSA) is 32.6 Å². The van der Waals surface area contributed by atoms with Gasteiger partial charge in [-0.05, 0) is 5.56 Å². The van der Waals surface area contributed by atoms with Crippen molar-refractivity contribution in [3.05, 3.63) is 35.9 Å². The van der Waals surface area contributed by atoms with Gasteiger partial charge in [0.25, 0.3) is 0 Å². The molecule has 2 rings (SSSR count). The van der Waals surface area contributed by atoms with Crippen molar-refractivity contribution < 1.29 is 5.21 Å². The van der Waals surface area contributed by atoms with E-state index < -0.39 is 0 Å². The van der Waals surface area contributed by atoms with Crippen LogP contribution in [0.25, 0.3) is 0 Å². The molecule has 1 heterocycles. The summed E-state index contributed by atoms with van der Waals surface area (Å²) in [5.74, 6) is 2.42.